The summed E-state index contributed by atoms with van der Waals surface area (Å²) in [6, 6.07) is 11.5. The number of hydrogen-bond donors (Lipinski definition) is 3. The molecule has 2 rings (SSSR count). The molecule has 8 heteroatoms. The van der Waals surface area contributed by atoms with Crippen LogP contribution in [-0.4, -0.2) is 16.9 Å². The summed E-state index contributed by atoms with van der Waals surface area (Å²) in [6.45, 7) is 0. The average molecular weight is 394 g/mol. The Labute approximate surface area is 159 Å². The van der Waals surface area contributed by atoms with Crippen molar-refractivity contribution in [3.05, 3.63) is 69.7 Å². The van der Waals surface area contributed by atoms with Crippen LogP contribution in [0.25, 0.3) is 6.08 Å². The van der Waals surface area contributed by atoms with E-state index in [0.717, 1.165) is 0 Å². The molecule has 0 saturated heterocycles. The number of para-hydroxylation sites is 1. The van der Waals surface area contributed by atoms with Crippen molar-refractivity contribution < 1.29 is 9.59 Å². The number of thiocarbonyl (C=S) groups is 1. The smallest absolute Gasteiger partial charge is 0.250 e. The quantitative estimate of drug-likeness (QED) is 0.546. The summed E-state index contributed by atoms with van der Waals surface area (Å²) >= 11 is 16.9. The second-order valence-corrected chi connectivity index (χ2v) is 6.10. The van der Waals surface area contributed by atoms with Crippen molar-refractivity contribution in [1.82, 2.24) is 5.32 Å². The van der Waals surface area contributed by atoms with Crippen molar-refractivity contribution in [3.63, 3.8) is 0 Å². The maximum atomic E-state index is 11.9. The van der Waals surface area contributed by atoms with E-state index in [1.54, 1.807) is 42.5 Å². The summed E-state index contributed by atoms with van der Waals surface area (Å²) in [5, 5.41) is 6.19. The van der Waals surface area contributed by atoms with Crippen molar-refractivity contribution in [1.29, 1.82) is 0 Å². The van der Waals surface area contributed by atoms with Crippen molar-refractivity contribution in [3.8, 4) is 0 Å². The van der Waals surface area contributed by atoms with Crippen molar-refractivity contribution in [2.75, 3.05) is 5.32 Å². The molecule has 25 heavy (non-hydrogen) atoms. The molecule has 0 atom stereocenters. The lowest BCUT2D eigenvalue weighted by atomic mass is 10.1. The number of carbonyl (C=O) groups is 2. The van der Waals surface area contributed by atoms with Crippen LogP contribution in [0.15, 0.2) is 48.5 Å². The van der Waals surface area contributed by atoms with E-state index in [0.29, 0.717) is 21.3 Å². The third-order valence-electron chi connectivity index (χ3n) is 3.05. The van der Waals surface area contributed by atoms with E-state index in [1.807, 2.05) is 0 Å². The van der Waals surface area contributed by atoms with Gasteiger partial charge in [-0.3, -0.25) is 14.9 Å². The van der Waals surface area contributed by atoms with Gasteiger partial charge in [-0.1, -0.05) is 41.4 Å². The third-order valence-corrected chi connectivity index (χ3v) is 3.82. The number of primary amides is 1. The molecule has 2 aromatic carbocycles. The van der Waals surface area contributed by atoms with Crippen molar-refractivity contribution >= 4 is 64.1 Å². The monoisotopic (exact) mass is 393 g/mol. The molecule has 0 aliphatic carbocycles. The first-order valence-corrected chi connectivity index (χ1v) is 8.17. The second kappa shape index (κ2) is 8.62. The lowest BCUT2D eigenvalue weighted by Crippen LogP contribution is -2.33. The Hall–Kier alpha value is -2.41. The second-order valence-electron chi connectivity index (χ2n) is 4.85. The zero-order valence-electron chi connectivity index (χ0n) is 12.8. The normalized spacial score (nSPS) is 10.5. The fourth-order valence-electron chi connectivity index (χ4n) is 1.92. The van der Waals surface area contributed by atoms with E-state index >= 15 is 0 Å². The highest BCUT2D eigenvalue weighted by Crippen LogP contribution is 2.21. The molecule has 0 aromatic heterocycles. The van der Waals surface area contributed by atoms with Gasteiger partial charge in [0.25, 0.3) is 5.91 Å². The maximum absolute atomic E-state index is 11.9. The number of halogens is 2. The Morgan fingerprint density at radius 2 is 1.84 bits per heavy atom. The molecule has 4 N–H and O–H groups in total. The minimum atomic E-state index is -0.602. The predicted octanol–water partition coefficient (Wildman–Crippen LogP) is 3.62. The molecule has 0 saturated carbocycles. The number of benzene rings is 2. The van der Waals surface area contributed by atoms with Crippen molar-refractivity contribution in [2.24, 2.45) is 5.73 Å². The van der Waals surface area contributed by atoms with Crippen LogP contribution in [0.1, 0.15) is 15.9 Å². The van der Waals surface area contributed by atoms with Gasteiger partial charge in [-0.15, -0.1) is 0 Å². The van der Waals surface area contributed by atoms with Crippen LogP contribution in [0.4, 0.5) is 5.69 Å². The Morgan fingerprint density at radius 3 is 2.52 bits per heavy atom. The van der Waals surface area contributed by atoms with E-state index in [2.05, 4.69) is 10.6 Å². The van der Waals surface area contributed by atoms with Crippen molar-refractivity contribution in [2.45, 2.75) is 0 Å². The van der Waals surface area contributed by atoms with Gasteiger partial charge < -0.3 is 11.1 Å². The van der Waals surface area contributed by atoms with Gasteiger partial charge in [-0.05, 0) is 48.1 Å². The standard InChI is InChI=1S/C17H13Cl2N3O2S/c18-11-7-5-10(13(19)9-11)6-8-15(23)22-17(25)21-14-4-2-1-3-12(14)16(20)24/h1-9H,(H2,20,24)(H2,21,22,23,25). The topological polar surface area (TPSA) is 84.2 Å². The first kappa shape index (κ1) is 18.9. The van der Waals surface area contributed by atoms with Gasteiger partial charge >= 0.3 is 0 Å². The lowest BCUT2D eigenvalue weighted by molar-refractivity contribution is -0.115. The van der Waals surface area contributed by atoms with E-state index in [9.17, 15) is 9.59 Å². The third kappa shape index (κ3) is 5.56. The largest absolute Gasteiger partial charge is 0.366 e. The molecule has 2 amide bonds. The number of carbonyl (C=O) groups excluding carboxylic acids is 2. The number of anilines is 1. The van der Waals surface area contributed by atoms with Crippen LogP contribution in [0.5, 0.6) is 0 Å². The average Bonchev–Trinajstić information content (AvgIpc) is 2.54. The molecule has 2 aromatic rings. The zero-order valence-corrected chi connectivity index (χ0v) is 15.1. The van der Waals surface area contributed by atoms with Gasteiger partial charge in [0.1, 0.15) is 0 Å². The summed E-state index contributed by atoms with van der Waals surface area (Å²) in [5.74, 6) is -1.06. The van der Waals surface area contributed by atoms with Crippen LogP contribution in [0.2, 0.25) is 10.0 Å². The van der Waals surface area contributed by atoms with Crippen LogP contribution in [0.3, 0.4) is 0 Å². The van der Waals surface area contributed by atoms with E-state index in [1.165, 1.54) is 12.2 Å². The van der Waals surface area contributed by atoms with Crippen LogP contribution < -0.4 is 16.4 Å². The number of nitrogens with one attached hydrogen (secondary N) is 2. The maximum Gasteiger partial charge on any atom is 0.250 e. The van der Waals surface area contributed by atoms with Crippen LogP contribution >= 0.6 is 35.4 Å². The molecule has 0 aliphatic rings. The summed E-state index contributed by atoms with van der Waals surface area (Å²) in [7, 11) is 0. The molecular weight excluding hydrogens is 381 g/mol. The lowest BCUT2D eigenvalue weighted by Gasteiger charge is -2.10. The molecule has 0 bridgehead atoms. The Kier molecular flexibility index (Phi) is 6.52. The number of nitrogens with two attached hydrogens (primary N) is 1. The SMILES string of the molecule is NC(=O)c1ccccc1NC(=S)NC(=O)C=Cc1ccc(Cl)cc1Cl. The molecule has 0 radical (unpaired) electrons. The van der Waals surface area contributed by atoms with E-state index < -0.39 is 11.8 Å². The zero-order chi connectivity index (χ0) is 18.4. The molecule has 0 heterocycles. The van der Waals surface area contributed by atoms with Gasteiger partial charge in [0, 0.05) is 16.1 Å². The number of rotatable bonds is 4. The summed E-state index contributed by atoms with van der Waals surface area (Å²) in [5.41, 5.74) is 6.60. The number of hydrogen-bond acceptors (Lipinski definition) is 3. The summed E-state index contributed by atoms with van der Waals surface area (Å²) in [6.07, 6.45) is 2.82. The fraction of sp³-hybridized carbons (Fsp3) is 0. The van der Waals surface area contributed by atoms with E-state index in [4.69, 9.17) is 41.2 Å². The fourth-order valence-corrected chi connectivity index (χ4v) is 2.60. The molecule has 0 spiro atoms. The van der Waals surface area contributed by atoms with E-state index in [-0.39, 0.29) is 10.7 Å². The Morgan fingerprint density at radius 1 is 1.12 bits per heavy atom. The molecule has 5 nitrogen and oxygen atoms in total. The minimum absolute atomic E-state index is 0.0329. The molecule has 0 aliphatic heterocycles. The summed E-state index contributed by atoms with van der Waals surface area (Å²) < 4.78 is 0. The molecule has 0 unspecified atom stereocenters. The first-order chi connectivity index (χ1) is 11.9. The van der Waals surface area contributed by atoms with Gasteiger partial charge in [-0.25, -0.2) is 0 Å². The predicted molar refractivity (Wildman–Crippen MR) is 105 cm³/mol. The molecule has 128 valence electrons. The van der Waals surface area contributed by atoms with Gasteiger partial charge in [0.15, 0.2) is 5.11 Å². The van der Waals surface area contributed by atoms with Crippen LogP contribution in [-0.2, 0) is 4.79 Å². The van der Waals surface area contributed by atoms with Gasteiger partial charge in [0.05, 0.1) is 11.3 Å². The highest BCUT2D eigenvalue weighted by atomic mass is 35.5. The molecular formula is C17H13Cl2N3O2S. The Balaban J connectivity index is 2.00. The van der Waals surface area contributed by atoms with Gasteiger partial charge in [-0.2, -0.15) is 0 Å². The minimum Gasteiger partial charge on any atom is -0.366 e. The highest BCUT2D eigenvalue weighted by molar-refractivity contribution is 7.80. The number of amides is 2. The Bertz CT molecular complexity index is 869. The van der Waals surface area contributed by atoms with Crippen LogP contribution in [0, 0.1) is 0 Å². The van der Waals surface area contributed by atoms with Gasteiger partial charge in [0.2, 0.25) is 5.91 Å². The highest BCUT2D eigenvalue weighted by Gasteiger charge is 2.09. The first-order valence-electron chi connectivity index (χ1n) is 7.01. The molecule has 0 fully saturated rings. The summed E-state index contributed by atoms with van der Waals surface area (Å²) in [4.78, 5) is 23.3.